The predicted molar refractivity (Wildman–Crippen MR) is 92.8 cm³/mol. The SMILES string of the molecule is CCCCCCCCCCNC(=O)c1ccc([N+](=O)[O-])c(C)c1. The molecule has 0 aliphatic carbocycles. The Bertz CT molecular complexity index is 515. The molecule has 0 fully saturated rings. The van der Waals surface area contributed by atoms with E-state index in [4.69, 9.17) is 0 Å². The highest BCUT2D eigenvalue weighted by Crippen LogP contribution is 2.18. The van der Waals surface area contributed by atoms with Gasteiger partial charge >= 0.3 is 0 Å². The van der Waals surface area contributed by atoms with Crippen LogP contribution >= 0.6 is 0 Å². The fraction of sp³-hybridized carbons (Fsp3) is 0.611. The van der Waals surface area contributed by atoms with Gasteiger partial charge in [0.25, 0.3) is 11.6 Å². The molecule has 1 aromatic carbocycles. The van der Waals surface area contributed by atoms with Crippen molar-refractivity contribution in [1.29, 1.82) is 0 Å². The fourth-order valence-corrected chi connectivity index (χ4v) is 2.56. The Labute approximate surface area is 138 Å². The van der Waals surface area contributed by atoms with Crippen molar-refractivity contribution in [3.63, 3.8) is 0 Å². The molecule has 23 heavy (non-hydrogen) atoms. The summed E-state index contributed by atoms with van der Waals surface area (Å²) in [5, 5.41) is 13.6. The number of unbranched alkanes of at least 4 members (excludes halogenated alkanes) is 7. The topological polar surface area (TPSA) is 72.2 Å². The van der Waals surface area contributed by atoms with Crippen molar-refractivity contribution in [1.82, 2.24) is 5.32 Å². The van der Waals surface area contributed by atoms with Gasteiger partial charge in [-0.1, -0.05) is 51.9 Å². The van der Waals surface area contributed by atoms with E-state index in [2.05, 4.69) is 12.2 Å². The molecule has 0 saturated heterocycles. The Kier molecular flexibility index (Phi) is 8.95. The number of hydrogen-bond donors (Lipinski definition) is 1. The summed E-state index contributed by atoms with van der Waals surface area (Å²) < 4.78 is 0. The van der Waals surface area contributed by atoms with Crippen LogP contribution in [0.1, 0.15) is 74.2 Å². The van der Waals surface area contributed by atoms with Crippen molar-refractivity contribution in [2.24, 2.45) is 0 Å². The van der Waals surface area contributed by atoms with E-state index in [1.165, 1.54) is 50.7 Å². The van der Waals surface area contributed by atoms with E-state index in [0.717, 1.165) is 12.8 Å². The Morgan fingerprint density at radius 1 is 1.09 bits per heavy atom. The Morgan fingerprint density at radius 2 is 1.70 bits per heavy atom. The molecule has 0 aliphatic heterocycles. The van der Waals surface area contributed by atoms with Crippen molar-refractivity contribution < 1.29 is 9.72 Å². The van der Waals surface area contributed by atoms with Gasteiger partial charge in [-0.05, 0) is 25.5 Å². The summed E-state index contributed by atoms with van der Waals surface area (Å²) in [7, 11) is 0. The van der Waals surface area contributed by atoms with Crippen molar-refractivity contribution in [3.8, 4) is 0 Å². The van der Waals surface area contributed by atoms with Crippen molar-refractivity contribution in [2.75, 3.05) is 6.54 Å². The van der Waals surface area contributed by atoms with Gasteiger partial charge in [0.15, 0.2) is 0 Å². The van der Waals surface area contributed by atoms with Crippen LogP contribution in [0.2, 0.25) is 0 Å². The number of hydrogen-bond acceptors (Lipinski definition) is 3. The standard InChI is InChI=1S/C18H28N2O3/c1-3-4-5-6-7-8-9-10-13-19-18(21)16-11-12-17(20(22)23)15(2)14-16/h11-12,14H,3-10,13H2,1-2H3,(H,19,21). The van der Waals surface area contributed by atoms with Crippen LogP contribution in [-0.2, 0) is 0 Å². The van der Waals surface area contributed by atoms with Crippen molar-refractivity contribution >= 4 is 11.6 Å². The van der Waals surface area contributed by atoms with Gasteiger partial charge in [0.05, 0.1) is 4.92 Å². The number of carbonyl (C=O) groups excluding carboxylic acids is 1. The second-order valence-electron chi connectivity index (χ2n) is 5.99. The second-order valence-corrected chi connectivity index (χ2v) is 5.99. The number of amides is 1. The number of nitro groups is 1. The first kappa shape index (κ1) is 19.1. The molecule has 0 radical (unpaired) electrons. The molecule has 1 rings (SSSR count). The molecule has 0 heterocycles. The Hall–Kier alpha value is -1.91. The van der Waals surface area contributed by atoms with E-state index < -0.39 is 4.92 Å². The minimum Gasteiger partial charge on any atom is -0.352 e. The van der Waals surface area contributed by atoms with Gasteiger partial charge in [-0.2, -0.15) is 0 Å². The summed E-state index contributed by atoms with van der Waals surface area (Å²) in [6.45, 7) is 4.52. The van der Waals surface area contributed by atoms with Gasteiger partial charge in [0, 0.05) is 23.7 Å². The first-order chi connectivity index (χ1) is 11.1. The molecule has 1 amide bonds. The molecule has 0 atom stereocenters. The lowest BCUT2D eigenvalue weighted by atomic mass is 10.1. The molecule has 0 spiro atoms. The summed E-state index contributed by atoms with van der Waals surface area (Å²) in [5.41, 5.74) is 1.03. The fourth-order valence-electron chi connectivity index (χ4n) is 2.56. The Balaban J connectivity index is 2.22. The third-order valence-corrected chi connectivity index (χ3v) is 3.97. The highest BCUT2D eigenvalue weighted by molar-refractivity contribution is 5.94. The second kappa shape index (κ2) is 10.8. The number of carbonyl (C=O) groups is 1. The zero-order valence-electron chi connectivity index (χ0n) is 14.3. The van der Waals surface area contributed by atoms with Gasteiger partial charge in [0.2, 0.25) is 0 Å². The number of rotatable bonds is 11. The summed E-state index contributed by atoms with van der Waals surface area (Å²) in [6.07, 6.45) is 9.83. The van der Waals surface area contributed by atoms with Gasteiger partial charge in [-0.3, -0.25) is 14.9 Å². The first-order valence-electron chi connectivity index (χ1n) is 8.59. The molecule has 5 nitrogen and oxygen atoms in total. The summed E-state index contributed by atoms with van der Waals surface area (Å²) >= 11 is 0. The van der Waals surface area contributed by atoms with E-state index in [-0.39, 0.29) is 11.6 Å². The number of nitrogens with one attached hydrogen (secondary N) is 1. The van der Waals surface area contributed by atoms with E-state index in [9.17, 15) is 14.9 Å². The van der Waals surface area contributed by atoms with Gasteiger partial charge in [-0.15, -0.1) is 0 Å². The monoisotopic (exact) mass is 320 g/mol. The third kappa shape index (κ3) is 7.26. The predicted octanol–water partition coefficient (Wildman–Crippen LogP) is 4.77. The van der Waals surface area contributed by atoms with E-state index in [1.54, 1.807) is 13.0 Å². The van der Waals surface area contributed by atoms with Gasteiger partial charge < -0.3 is 5.32 Å². The summed E-state index contributed by atoms with van der Waals surface area (Å²) in [6, 6.07) is 4.47. The maximum atomic E-state index is 12.0. The van der Waals surface area contributed by atoms with Crippen LogP contribution in [0, 0.1) is 17.0 Å². The highest BCUT2D eigenvalue weighted by Gasteiger charge is 2.13. The van der Waals surface area contributed by atoms with Crippen molar-refractivity contribution in [3.05, 3.63) is 39.4 Å². The average Bonchev–Trinajstić information content (AvgIpc) is 2.52. The molecular weight excluding hydrogens is 292 g/mol. The summed E-state index contributed by atoms with van der Waals surface area (Å²) in [4.78, 5) is 22.3. The summed E-state index contributed by atoms with van der Waals surface area (Å²) in [5.74, 6) is -0.161. The number of aryl methyl sites for hydroxylation is 1. The molecule has 5 heteroatoms. The largest absolute Gasteiger partial charge is 0.352 e. The molecule has 0 aliphatic rings. The lowest BCUT2D eigenvalue weighted by Crippen LogP contribution is -2.24. The first-order valence-corrected chi connectivity index (χ1v) is 8.59. The third-order valence-electron chi connectivity index (χ3n) is 3.97. The molecule has 128 valence electrons. The molecule has 1 aromatic rings. The van der Waals surface area contributed by atoms with E-state index in [1.807, 2.05) is 0 Å². The maximum Gasteiger partial charge on any atom is 0.272 e. The Morgan fingerprint density at radius 3 is 2.26 bits per heavy atom. The molecule has 0 saturated carbocycles. The lowest BCUT2D eigenvalue weighted by Gasteiger charge is -2.06. The van der Waals surface area contributed by atoms with Crippen molar-refractivity contribution in [2.45, 2.75) is 65.2 Å². The maximum absolute atomic E-state index is 12.0. The lowest BCUT2D eigenvalue weighted by molar-refractivity contribution is -0.385. The number of nitrogens with zero attached hydrogens (tertiary/aromatic N) is 1. The normalized spacial score (nSPS) is 10.5. The molecule has 1 N–H and O–H groups in total. The van der Waals surface area contributed by atoms with Crippen LogP contribution in [-0.4, -0.2) is 17.4 Å². The average molecular weight is 320 g/mol. The minimum atomic E-state index is -0.433. The molecule has 0 bridgehead atoms. The minimum absolute atomic E-state index is 0.0459. The van der Waals surface area contributed by atoms with Gasteiger partial charge in [0.1, 0.15) is 0 Å². The zero-order valence-corrected chi connectivity index (χ0v) is 14.3. The zero-order chi connectivity index (χ0) is 17.1. The molecule has 0 unspecified atom stereocenters. The van der Waals surface area contributed by atoms with Crippen LogP contribution in [0.5, 0.6) is 0 Å². The molecule has 0 aromatic heterocycles. The van der Waals surface area contributed by atoms with Crippen LogP contribution in [0.4, 0.5) is 5.69 Å². The van der Waals surface area contributed by atoms with E-state index in [0.29, 0.717) is 17.7 Å². The van der Waals surface area contributed by atoms with E-state index >= 15 is 0 Å². The quantitative estimate of drug-likeness (QED) is 0.362. The van der Waals surface area contributed by atoms with Crippen LogP contribution in [0.15, 0.2) is 18.2 Å². The highest BCUT2D eigenvalue weighted by atomic mass is 16.6. The van der Waals surface area contributed by atoms with Crippen LogP contribution < -0.4 is 5.32 Å². The molecular formula is C18H28N2O3. The van der Waals surface area contributed by atoms with Gasteiger partial charge in [-0.25, -0.2) is 0 Å². The van der Waals surface area contributed by atoms with Crippen LogP contribution in [0.3, 0.4) is 0 Å². The number of benzene rings is 1. The smallest absolute Gasteiger partial charge is 0.272 e. The van der Waals surface area contributed by atoms with Crippen LogP contribution in [0.25, 0.3) is 0 Å². The number of nitro benzene ring substituents is 1.